The van der Waals surface area contributed by atoms with E-state index in [2.05, 4.69) is 54.6 Å². The summed E-state index contributed by atoms with van der Waals surface area (Å²) in [5.74, 6) is 1.12. The lowest BCUT2D eigenvalue weighted by atomic mass is 9.65. The Labute approximate surface area is 199 Å². The lowest BCUT2D eigenvalue weighted by Crippen LogP contribution is -2.51. The van der Waals surface area contributed by atoms with Crippen LogP contribution in [0.1, 0.15) is 37.9 Å². The van der Waals surface area contributed by atoms with Crippen molar-refractivity contribution >= 4 is 29.0 Å². The standard InChI is InChI=1S/C27H28N2O3S/c1-17(30)28-18-9-11-19(12-10-18)33-20-13-14-24-22(15-20)27(2,3)23-16-32-25-8-6-5-7-21(25)26(23)29(24)31-4/h5-15,23,26H,16H2,1-4H3,(H,28,30)/t23-,26+/m0/s1. The number of ether oxygens (including phenoxy) is 1. The highest BCUT2D eigenvalue weighted by molar-refractivity contribution is 7.99. The SMILES string of the molecule is CON1c2ccc(Sc3ccc(NC(C)=O)cc3)cc2C(C)(C)[C@H]2COc3ccccc3[C@H]21. The second kappa shape index (κ2) is 8.43. The van der Waals surface area contributed by atoms with Gasteiger partial charge in [0.2, 0.25) is 5.91 Å². The van der Waals surface area contributed by atoms with Crippen molar-refractivity contribution in [3.8, 4) is 5.75 Å². The van der Waals surface area contributed by atoms with Gasteiger partial charge in [-0.1, -0.05) is 43.8 Å². The van der Waals surface area contributed by atoms with Crippen molar-refractivity contribution in [3.05, 3.63) is 77.9 Å². The Morgan fingerprint density at radius 2 is 1.82 bits per heavy atom. The molecule has 0 saturated heterocycles. The van der Waals surface area contributed by atoms with Gasteiger partial charge in [0.15, 0.2) is 0 Å². The number of benzene rings is 3. The van der Waals surface area contributed by atoms with Gasteiger partial charge in [-0.3, -0.25) is 9.63 Å². The van der Waals surface area contributed by atoms with Crippen molar-refractivity contribution in [2.75, 3.05) is 24.1 Å². The van der Waals surface area contributed by atoms with Crippen LogP contribution in [-0.4, -0.2) is 19.6 Å². The highest BCUT2D eigenvalue weighted by atomic mass is 32.2. The maximum absolute atomic E-state index is 11.3. The molecule has 170 valence electrons. The van der Waals surface area contributed by atoms with Crippen LogP contribution in [0.4, 0.5) is 11.4 Å². The summed E-state index contributed by atoms with van der Waals surface area (Å²) in [6, 6.07) is 22.9. The number of hydrogen-bond donors (Lipinski definition) is 1. The predicted molar refractivity (Wildman–Crippen MR) is 132 cm³/mol. The molecule has 0 saturated carbocycles. The Kier molecular flexibility index (Phi) is 5.59. The number of hydrogen-bond acceptors (Lipinski definition) is 5. The minimum Gasteiger partial charge on any atom is -0.493 e. The Hall–Kier alpha value is -2.96. The van der Waals surface area contributed by atoms with Crippen molar-refractivity contribution < 1.29 is 14.4 Å². The molecule has 0 spiro atoms. The molecule has 0 fully saturated rings. The summed E-state index contributed by atoms with van der Waals surface area (Å²) in [6.07, 6.45) is 0. The number of fused-ring (bicyclic) bond motifs is 4. The number of carbonyl (C=O) groups excluding carboxylic acids is 1. The number of hydroxylamine groups is 1. The van der Waals surface area contributed by atoms with Crippen LogP contribution in [0.15, 0.2) is 76.5 Å². The van der Waals surface area contributed by atoms with Crippen molar-refractivity contribution in [2.45, 2.75) is 42.0 Å². The fourth-order valence-electron chi connectivity index (χ4n) is 5.03. The van der Waals surface area contributed by atoms with E-state index in [9.17, 15) is 4.79 Å². The number of nitrogens with zero attached hydrogens (tertiary/aromatic N) is 1. The van der Waals surface area contributed by atoms with Crippen molar-refractivity contribution in [1.82, 2.24) is 0 Å². The van der Waals surface area contributed by atoms with Crippen LogP contribution in [0.2, 0.25) is 0 Å². The van der Waals surface area contributed by atoms with E-state index in [1.54, 1.807) is 18.9 Å². The molecule has 33 heavy (non-hydrogen) atoms. The molecule has 2 heterocycles. The van der Waals surface area contributed by atoms with Crippen molar-refractivity contribution in [2.24, 2.45) is 5.92 Å². The van der Waals surface area contributed by atoms with E-state index in [1.807, 2.05) is 36.4 Å². The number of amides is 1. The van der Waals surface area contributed by atoms with E-state index in [-0.39, 0.29) is 23.3 Å². The molecule has 3 aromatic rings. The molecule has 1 amide bonds. The van der Waals surface area contributed by atoms with Crippen LogP contribution in [0.5, 0.6) is 5.75 Å². The predicted octanol–water partition coefficient (Wildman–Crippen LogP) is 6.21. The Bertz CT molecular complexity index is 1190. The van der Waals surface area contributed by atoms with Crippen LogP contribution in [0, 0.1) is 5.92 Å². The minimum absolute atomic E-state index is 0.0670. The Morgan fingerprint density at radius 3 is 2.55 bits per heavy atom. The third-order valence-corrected chi connectivity index (χ3v) is 7.72. The molecule has 3 aromatic carbocycles. The maximum Gasteiger partial charge on any atom is 0.221 e. The third-order valence-electron chi connectivity index (χ3n) is 6.72. The molecule has 0 unspecified atom stereocenters. The van der Waals surface area contributed by atoms with Crippen LogP contribution >= 0.6 is 11.8 Å². The Morgan fingerprint density at radius 1 is 1.09 bits per heavy atom. The average Bonchev–Trinajstić information content (AvgIpc) is 2.80. The lowest BCUT2D eigenvalue weighted by molar-refractivity contribution is -0.114. The molecule has 0 bridgehead atoms. The van der Waals surface area contributed by atoms with E-state index < -0.39 is 0 Å². The maximum atomic E-state index is 11.3. The molecule has 6 heteroatoms. The number of rotatable bonds is 4. The van der Waals surface area contributed by atoms with Gasteiger partial charge < -0.3 is 10.1 Å². The zero-order chi connectivity index (χ0) is 23.2. The van der Waals surface area contributed by atoms with Crippen LogP contribution in [0.25, 0.3) is 0 Å². The summed E-state index contributed by atoms with van der Waals surface area (Å²) < 4.78 is 6.18. The number of anilines is 2. The molecular formula is C27H28N2O3S. The zero-order valence-corrected chi connectivity index (χ0v) is 20.1. The highest BCUT2D eigenvalue weighted by Gasteiger charge is 2.50. The van der Waals surface area contributed by atoms with Gasteiger partial charge in [0, 0.05) is 39.3 Å². The van der Waals surface area contributed by atoms with E-state index in [1.165, 1.54) is 22.9 Å². The summed E-state index contributed by atoms with van der Waals surface area (Å²) in [5, 5.41) is 4.87. The summed E-state index contributed by atoms with van der Waals surface area (Å²) in [7, 11) is 1.75. The first kappa shape index (κ1) is 21.9. The molecule has 0 aliphatic carbocycles. The zero-order valence-electron chi connectivity index (χ0n) is 19.3. The quantitative estimate of drug-likeness (QED) is 0.502. The van der Waals surface area contributed by atoms with E-state index in [0.29, 0.717) is 6.61 Å². The molecule has 2 aliphatic rings. The van der Waals surface area contributed by atoms with Crippen molar-refractivity contribution in [3.63, 3.8) is 0 Å². The number of para-hydroxylation sites is 1. The lowest BCUT2D eigenvalue weighted by Gasteiger charge is -2.52. The topological polar surface area (TPSA) is 50.8 Å². The smallest absolute Gasteiger partial charge is 0.221 e. The van der Waals surface area contributed by atoms with E-state index in [0.717, 1.165) is 22.0 Å². The van der Waals surface area contributed by atoms with E-state index >= 15 is 0 Å². The Balaban J connectivity index is 1.49. The molecule has 2 atom stereocenters. The second-order valence-electron chi connectivity index (χ2n) is 9.12. The summed E-state index contributed by atoms with van der Waals surface area (Å²) in [5.41, 5.74) is 4.23. The van der Waals surface area contributed by atoms with Crippen molar-refractivity contribution in [1.29, 1.82) is 0 Å². The van der Waals surface area contributed by atoms with Gasteiger partial charge in [-0.15, -0.1) is 0 Å². The van der Waals surface area contributed by atoms with Gasteiger partial charge in [-0.05, 0) is 54.1 Å². The van der Waals surface area contributed by atoms with Gasteiger partial charge in [0.05, 0.1) is 25.4 Å². The largest absolute Gasteiger partial charge is 0.493 e. The third kappa shape index (κ3) is 3.87. The van der Waals surface area contributed by atoms with Gasteiger partial charge in [0.1, 0.15) is 5.75 Å². The monoisotopic (exact) mass is 460 g/mol. The fraction of sp³-hybridized carbons (Fsp3) is 0.296. The first-order valence-electron chi connectivity index (χ1n) is 11.1. The molecule has 5 nitrogen and oxygen atoms in total. The molecule has 0 aromatic heterocycles. The normalized spacial score (nSPS) is 20.2. The van der Waals surface area contributed by atoms with Gasteiger partial charge in [-0.25, -0.2) is 5.06 Å². The van der Waals surface area contributed by atoms with Gasteiger partial charge >= 0.3 is 0 Å². The molecular weight excluding hydrogens is 432 g/mol. The highest BCUT2D eigenvalue weighted by Crippen LogP contribution is 2.55. The van der Waals surface area contributed by atoms with E-state index in [4.69, 9.17) is 9.57 Å². The second-order valence-corrected chi connectivity index (χ2v) is 10.3. The molecule has 1 N–H and O–H groups in total. The van der Waals surface area contributed by atoms with Crippen LogP contribution in [0.3, 0.4) is 0 Å². The number of carbonyl (C=O) groups is 1. The first-order valence-corrected chi connectivity index (χ1v) is 11.9. The van der Waals surface area contributed by atoms with Crippen LogP contribution < -0.4 is 15.1 Å². The molecule has 5 rings (SSSR count). The summed E-state index contributed by atoms with van der Waals surface area (Å²) in [4.78, 5) is 19.5. The summed E-state index contributed by atoms with van der Waals surface area (Å²) >= 11 is 1.71. The first-order chi connectivity index (χ1) is 15.9. The minimum atomic E-state index is -0.103. The van der Waals surface area contributed by atoms with Gasteiger partial charge in [-0.2, -0.15) is 0 Å². The van der Waals surface area contributed by atoms with Crippen LogP contribution in [-0.2, 0) is 15.0 Å². The fourth-order valence-corrected chi connectivity index (χ4v) is 5.89. The molecule has 2 aliphatic heterocycles. The van der Waals surface area contributed by atoms with Gasteiger partial charge in [0.25, 0.3) is 0 Å². The number of nitrogens with one attached hydrogen (secondary N) is 1. The summed E-state index contributed by atoms with van der Waals surface area (Å²) in [6.45, 7) is 6.78. The molecule has 0 radical (unpaired) electrons. The average molecular weight is 461 g/mol.